The molecule has 0 fully saturated rings. The van der Waals surface area contributed by atoms with Crippen LogP contribution in [0.1, 0.15) is 13.3 Å². The minimum atomic E-state index is -1.14. The summed E-state index contributed by atoms with van der Waals surface area (Å²) in [4.78, 5) is 22.0. The summed E-state index contributed by atoms with van der Waals surface area (Å²) in [6.45, 7) is 5.08. The molecule has 1 aliphatic rings. The third-order valence-corrected chi connectivity index (χ3v) is 1.95. The average molecular weight is 227 g/mol. The molecule has 1 aliphatic heterocycles. The van der Waals surface area contributed by atoms with Crippen LogP contribution in [-0.4, -0.2) is 35.5 Å². The van der Waals surface area contributed by atoms with Gasteiger partial charge in [0.2, 0.25) is 0 Å². The highest BCUT2D eigenvalue weighted by atomic mass is 16.5. The molecule has 1 rings (SSSR count). The number of alkyl carbamates (subject to hydrolysis) is 1. The molecular formula is C9H13N3O4. The second-order valence-corrected chi connectivity index (χ2v) is 3.54. The molecule has 1 atom stereocenters. The molecule has 0 saturated carbocycles. The number of hydrogen-bond donors (Lipinski definition) is 2. The molecular weight excluding hydrogens is 214 g/mol. The van der Waals surface area contributed by atoms with Crippen molar-refractivity contribution in [3.05, 3.63) is 12.7 Å². The summed E-state index contributed by atoms with van der Waals surface area (Å²) in [6, 6.07) is -1.06. The number of aliphatic carboxylic acids is 1. The molecule has 7 heteroatoms. The number of rotatable bonds is 6. The van der Waals surface area contributed by atoms with Crippen LogP contribution in [0.15, 0.2) is 22.9 Å². The highest BCUT2D eigenvalue weighted by molar-refractivity contribution is 5.80. The normalized spacial score (nSPS) is 17.3. The zero-order chi connectivity index (χ0) is 12.2. The number of ether oxygens (including phenoxy) is 1. The van der Waals surface area contributed by atoms with Gasteiger partial charge in [-0.15, -0.1) is 0 Å². The fourth-order valence-electron chi connectivity index (χ4n) is 1.07. The molecule has 0 radical (unpaired) electrons. The van der Waals surface area contributed by atoms with Crippen LogP contribution in [0, 0.1) is 0 Å². The summed E-state index contributed by atoms with van der Waals surface area (Å²) < 4.78 is 4.61. The maximum Gasteiger partial charge on any atom is 0.408 e. The van der Waals surface area contributed by atoms with Crippen molar-refractivity contribution >= 4 is 12.1 Å². The molecule has 16 heavy (non-hydrogen) atoms. The van der Waals surface area contributed by atoms with Crippen molar-refractivity contribution in [1.29, 1.82) is 0 Å². The Bertz CT molecular complexity index is 334. The molecule has 7 nitrogen and oxygen atoms in total. The van der Waals surface area contributed by atoms with Crippen LogP contribution in [0.5, 0.6) is 0 Å². The second kappa shape index (κ2) is 4.73. The molecule has 0 unspecified atom stereocenters. The van der Waals surface area contributed by atoms with Gasteiger partial charge in [-0.3, -0.25) is 0 Å². The third kappa shape index (κ3) is 3.68. The molecule has 0 spiro atoms. The van der Waals surface area contributed by atoms with Gasteiger partial charge in [-0.2, -0.15) is 10.2 Å². The van der Waals surface area contributed by atoms with E-state index < -0.39 is 23.8 Å². The Kier molecular flexibility index (Phi) is 3.60. The Balaban J connectivity index is 2.41. The van der Waals surface area contributed by atoms with Crippen LogP contribution < -0.4 is 5.32 Å². The Labute approximate surface area is 92.2 Å². The molecule has 2 N–H and O–H groups in total. The zero-order valence-electron chi connectivity index (χ0n) is 8.84. The number of carbonyl (C=O) groups excluding carboxylic acids is 1. The Morgan fingerprint density at radius 1 is 1.62 bits per heavy atom. The van der Waals surface area contributed by atoms with E-state index in [9.17, 15) is 9.59 Å². The zero-order valence-corrected chi connectivity index (χ0v) is 8.84. The lowest BCUT2D eigenvalue weighted by Gasteiger charge is -2.15. The van der Waals surface area contributed by atoms with Crippen molar-refractivity contribution in [2.75, 3.05) is 6.61 Å². The van der Waals surface area contributed by atoms with Gasteiger partial charge in [-0.05, 0) is 6.92 Å². The number of amides is 1. The predicted molar refractivity (Wildman–Crippen MR) is 54.0 cm³/mol. The smallest absolute Gasteiger partial charge is 0.408 e. The van der Waals surface area contributed by atoms with Crippen molar-refractivity contribution in [2.45, 2.75) is 25.0 Å². The van der Waals surface area contributed by atoms with Gasteiger partial charge in [-0.1, -0.05) is 12.7 Å². The first-order valence-corrected chi connectivity index (χ1v) is 4.68. The number of hydrogen-bond acceptors (Lipinski definition) is 5. The maximum atomic E-state index is 11.1. The van der Waals surface area contributed by atoms with Crippen molar-refractivity contribution < 1.29 is 19.4 Å². The van der Waals surface area contributed by atoms with E-state index in [0.717, 1.165) is 0 Å². The fourth-order valence-corrected chi connectivity index (χ4v) is 1.07. The Morgan fingerprint density at radius 3 is 2.69 bits per heavy atom. The number of nitrogens with zero attached hydrogens (tertiary/aromatic N) is 2. The van der Waals surface area contributed by atoms with Crippen molar-refractivity contribution in [2.24, 2.45) is 10.2 Å². The van der Waals surface area contributed by atoms with E-state index in [-0.39, 0.29) is 13.0 Å². The van der Waals surface area contributed by atoms with Crippen LogP contribution in [0.2, 0.25) is 0 Å². The van der Waals surface area contributed by atoms with E-state index in [4.69, 9.17) is 5.11 Å². The van der Waals surface area contributed by atoms with Gasteiger partial charge >= 0.3 is 12.1 Å². The van der Waals surface area contributed by atoms with Crippen LogP contribution in [-0.2, 0) is 9.53 Å². The highest BCUT2D eigenvalue weighted by Gasteiger charge is 2.39. The van der Waals surface area contributed by atoms with Crippen LogP contribution in [0.25, 0.3) is 0 Å². The first-order valence-electron chi connectivity index (χ1n) is 4.68. The molecule has 0 bridgehead atoms. The summed E-state index contributed by atoms with van der Waals surface area (Å²) in [5.74, 6) is -1.14. The maximum absolute atomic E-state index is 11.1. The predicted octanol–water partition coefficient (Wildman–Crippen LogP) is 0.924. The number of carbonyl (C=O) groups is 2. The quantitative estimate of drug-likeness (QED) is 0.659. The SMILES string of the molecule is C=CCOC(=O)N[C@H](CC1(C)N=N1)C(=O)O. The molecule has 88 valence electrons. The van der Waals surface area contributed by atoms with Gasteiger partial charge in [0.05, 0.1) is 0 Å². The summed E-state index contributed by atoms with van der Waals surface area (Å²) in [5.41, 5.74) is -0.686. The topological polar surface area (TPSA) is 100 Å². The number of carboxylic acids is 1. The molecule has 1 amide bonds. The second-order valence-electron chi connectivity index (χ2n) is 3.54. The van der Waals surface area contributed by atoms with Gasteiger partial charge in [0.15, 0.2) is 5.66 Å². The largest absolute Gasteiger partial charge is 0.480 e. The van der Waals surface area contributed by atoms with Crippen molar-refractivity contribution in [3.8, 4) is 0 Å². The lowest BCUT2D eigenvalue weighted by molar-refractivity contribution is -0.139. The summed E-state index contributed by atoms with van der Waals surface area (Å²) in [6.07, 6.45) is 0.713. The molecule has 1 heterocycles. The number of carboxylic acid groups (broad SMARTS) is 1. The third-order valence-electron chi connectivity index (χ3n) is 1.95. The summed E-state index contributed by atoms with van der Waals surface area (Å²) in [5, 5.41) is 18.4. The molecule has 0 aromatic heterocycles. The highest BCUT2D eigenvalue weighted by Crippen LogP contribution is 2.32. The Hall–Kier alpha value is -1.92. The van der Waals surface area contributed by atoms with Gasteiger partial charge < -0.3 is 15.2 Å². The first-order chi connectivity index (χ1) is 7.47. The Morgan fingerprint density at radius 2 is 2.25 bits per heavy atom. The fraction of sp³-hybridized carbons (Fsp3) is 0.556. The van der Waals surface area contributed by atoms with E-state index in [2.05, 4.69) is 26.9 Å². The monoisotopic (exact) mass is 227 g/mol. The van der Waals surface area contributed by atoms with E-state index in [1.54, 1.807) is 6.92 Å². The minimum Gasteiger partial charge on any atom is -0.480 e. The first kappa shape index (κ1) is 12.2. The van der Waals surface area contributed by atoms with Crippen LogP contribution in [0.4, 0.5) is 4.79 Å². The van der Waals surface area contributed by atoms with E-state index >= 15 is 0 Å². The van der Waals surface area contributed by atoms with E-state index in [1.807, 2.05) is 0 Å². The van der Waals surface area contributed by atoms with Crippen LogP contribution >= 0.6 is 0 Å². The van der Waals surface area contributed by atoms with Crippen molar-refractivity contribution in [3.63, 3.8) is 0 Å². The number of nitrogens with one attached hydrogen (secondary N) is 1. The van der Waals surface area contributed by atoms with Gasteiger partial charge in [0.25, 0.3) is 0 Å². The standard InChI is InChI=1S/C9H13N3O4/c1-3-4-16-8(15)10-6(7(13)14)5-9(2)11-12-9/h3,6H,1,4-5H2,2H3,(H,10,15)(H,13,14)/t6-/m1/s1. The van der Waals surface area contributed by atoms with Gasteiger partial charge in [-0.25, -0.2) is 9.59 Å². The van der Waals surface area contributed by atoms with Crippen molar-refractivity contribution in [1.82, 2.24) is 5.32 Å². The van der Waals surface area contributed by atoms with Gasteiger partial charge in [0, 0.05) is 6.42 Å². The summed E-state index contributed by atoms with van der Waals surface area (Å²) >= 11 is 0. The molecule has 0 saturated heterocycles. The molecule has 0 aliphatic carbocycles. The molecule has 0 aromatic rings. The summed E-state index contributed by atoms with van der Waals surface area (Å²) in [7, 11) is 0. The minimum absolute atomic E-state index is 0.0319. The van der Waals surface area contributed by atoms with E-state index in [0.29, 0.717) is 0 Å². The van der Waals surface area contributed by atoms with Gasteiger partial charge in [0.1, 0.15) is 12.6 Å². The lowest BCUT2D eigenvalue weighted by atomic mass is 10.1. The lowest BCUT2D eigenvalue weighted by Crippen LogP contribution is -2.43. The average Bonchev–Trinajstić information content (AvgIpc) is 2.92. The van der Waals surface area contributed by atoms with Crippen LogP contribution in [0.3, 0.4) is 0 Å². The van der Waals surface area contributed by atoms with E-state index in [1.165, 1.54) is 6.08 Å². The molecule has 0 aromatic carbocycles.